The zero-order valence-electron chi connectivity index (χ0n) is 8.21. The predicted molar refractivity (Wildman–Crippen MR) is 57.5 cm³/mol. The Balaban J connectivity index is 2.80. The number of rotatable bonds is 1. The summed E-state index contributed by atoms with van der Waals surface area (Å²) in [4.78, 5) is 8.71. The standard InChI is InChI=1S/C9H10BrN3O/c1-5-11-7-4-6(10)9(14-3)12-8(7)13(5)2/h4H,1-3H3. The van der Waals surface area contributed by atoms with Gasteiger partial charge >= 0.3 is 0 Å². The first kappa shape index (κ1) is 9.45. The molecule has 0 aliphatic heterocycles. The molecule has 0 saturated heterocycles. The number of ether oxygens (including phenoxy) is 1. The Hall–Kier alpha value is -1.10. The second kappa shape index (κ2) is 3.24. The Morgan fingerprint density at radius 2 is 2.14 bits per heavy atom. The first-order valence-electron chi connectivity index (χ1n) is 4.17. The van der Waals surface area contributed by atoms with Gasteiger partial charge in [-0.1, -0.05) is 0 Å². The van der Waals surface area contributed by atoms with Crippen molar-refractivity contribution in [3.8, 4) is 5.88 Å². The molecular formula is C9H10BrN3O. The molecule has 0 atom stereocenters. The van der Waals surface area contributed by atoms with Crippen LogP contribution in [0.4, 0.5) is 0 Å². The molecular weight excluding hydrogens is 246 g/mol. The van der Waals surface area contributed by atoms with Crippen molar-refractivity contribution < 1.29 is 4.74 Å². The fraction of sp³-hybridized carbons (Fsp3) is 0.333. The molecule has 0 amide bonds. The van der Waals surface area contributed by atoms with Crippen molar-refractivity contribution in [2.45, 2.75) is 6.92 Å². The van der Waals surface area contributed by atoms with Gasteiger partial charge in [-0.05, 0) is 28.9 Å². The molecule has 0 fully saturated rings. The Kier molecular flexibility index (Phi) is 2.19. The van der Waals surface area contributed by atoms with Crippen molar-refractivity contribution >= 4 is 27.1 Å². The summed E-state index contributed by atoms with van der Waals surface area (Å²) in [6.45, 7) is 1.95. The fourth-order valence-electron chi connectivity index (χ4n) is 1.33. The lowest BCUT2D eigenvalue weighted by Gasteiger charge is -2.02. The summed E-state index contributed by atoms with van der Waals surface area (Å²) in [5, 5.41) is 0. The lowest BCUT2D eigenvalue weighted by molar-refractivity contribution is 0.396. The summed E-state index contributed by atoms with van der Waals surface area (Å²) < 4.78 is 7.88. The van der Waals surface area contributed by atoms with Gasteiger partial charge in [0.15, 0.2) is 5.65 Å². The topological polar surface area (TPSA) is 39.9 Å². The maximum atomic E-state index is 5.12. The van der Waals surface area contributed by atoms with E-state index in [1.54, 1.807) is 7.11 Å². The largest absolute Gasteiger partial charge is 0.480 e. The molecule has 2 heterocycles. The van der Waals surface area contributed by atoms with Gasteiger partial charge in [-0.2, -0.15) is 4.98 Å². The molecule has 5 heteroatoms. The molecule has 0 aliphatic rings. The van der Waals surface area contributed by atoms with Crippen LogP contribution < -0.4 is 4.74 Å². The Morgan fingerprint density at radius 1 is 1.43 bits per heavy atom. The van der Waals surface area contributed by atoms with Gasteiger partial charge in [-0.25, -0.2) is 4.98 Å². The van der Waals surface area contributed by atoms with Crippen molar-refractivity contribution in [3.05, 3.63) is 16.4 Å². The lowest BCUT2D eigenvalue weighted by Crippen LogP contribution is -1.95. The number of hydrogen-bond acceptors (Lipinski definition) is 3. The minimum absolute atomic E-state index is 0.584. The lowest BCUT2D eigenvalue weighted by atomic mass is 10.4. The molecule has 0 aromatic carbocycles. The summed E-state index contributed by atoms with van der Waals surface area (Å²) in [5.41, 5.74) is 1.71. The third-order valence-electron chi connectivity index (χ3n) is 2.18. The Bertz CT molecular complexity index is 492. The van der Waals surface area contributed by atoms with E-state index in [1.807, 2.05) is 24.6 Å². The zero-order valence-corrected chi connectivity index (χ0v) is 9.79. The normalized spacial score (nSPS) is 10.9. The molecule has 14 heavy (non-hydrogen) atoms. The quantitative estimate of drug-likeness (QED) is 0.783. The second-order valence-corrected chi connectivity index (χ2v) is 3.89. The Morgan fingerprint density at radius 3 is 2.79 bits per heavy atom. The number of halogens is 1. The zero-order chi connectivity index (χ0) is 10.3. The molecule has 0 unspecified atom stereocenters. The number of nitrogens with zero attached hydrogens (tertiary/aromatic N) is 3. The molecule has 0 radical (unpaired) electrons. The number of pyridine rings is 1. The summed E-state index contributed by atoms with van der Waals surface area (Å²) in [7, 11) is 3.53. The van der Waals surface area contributed by atoms with E-state index in [4.69, 9.17) is 4.74 Å². The smallest absolute Gasteiger partial charge is 0.229 e. The molecule has 2 aromatic heterocycles. The van der Waals surface area contributed by atoms with Gasteiger partial charge in [0.05, 0.1) is 11.6 Å². The highest BCUT2D eigenvalue weighted by Gasteiger charge is 2.10. The maximum absolute atomic E-state index is 5.12. The van der Waals surface area contributed by atoms with Gasteiger partial charge in [0.1, 0.15) is 11.3 Å². The van der Waals surface area contributed by atoms with Crippen LogP contribution >= 0.6 is 15.9 Å². The van der Waals surface area contributed by atoms with Gasteiger partial charge < -0.3 is 9.30 Å². The fourth-order valence-corrected chi connectivity index (χ4v) is 1.80. The number of imidazole rings is 1. The van der Waals surface area contributed by atoms with Gasteiger partial charge in [-0.3, -0.25) is 0 Å². The summed E-state index contributed by atoms with van der Waals surface area (Å²) in [6.07, 6.45) is 0. The summed E-state index contributed by atoms with van der Waals surface area (Å²) in [5.74, 6) is 1.52. The van der Waals surface area contributed by atoms with Gasteiger partial charge in [0, 0.05) is 7.05 Å². The van der Waals surface area contributed by atoms with E-state index in [-0.39, 0.29) is 0 Å². The van der Waals surface area contributed by atoms with Crippen molar-refractivity contribution in [3.63, 3.8) is 0 Å². The monoisotopic (exact) mass is 255 g/mol. The van der Waals surface area contributed by atoms with E-state index >= 15 is 0 Å². The maximum Gasteiger partial charge on any atom is 0.229 e. The van der Waals surface area contributed by atoms with Crippen LogP contribution in [-0.2, 0) is 7.05 Å². The summed E-state index contributed by atoms with van der Waals surface area (Å²) in [6, 6.07) is 1.91. The first-order chi connectivity index (χ1) is 6.63. The highest BCUT2D eigenvalue weighted by Crippen LogP contribution is 2.26. The molecule has 74 valence electrons. The second-order valence-electron chi connectivity index (χ2n) is 3.04. The van der Waals surface area contributed by atoms with Gasteiger partial charge in [0.2, 0.25) is 5.88 Å². The van der Waals surface area contributed by atoms with Crippen LogP contribution in [0.25, 0.3) is 11.2 Å². The van der Waals surface area contributed by atoms with E-state index in [0.717, 1.165) is 21.5 Å². The number of hydrogen-bond donors (Lipinski definition) is 0. The van der Waals surface area contributed by atoms with Crippen LogP contribution in [0.2, 0.25) is 0 Å². The van der Waals surface area contributed by atoms with Crippen molar-refractivity contribution in [1.29, 1.82) is 0 Å². The van der Waals surface area contributed by atoms with E-state index in [2.05, 4.69) is 25.9 Å². The van der Waals surface area contributed by atoms with Gasteiger partial charge in [0.25, 0.3) is 0 Å². The molecule has 4 nitrogen and oxygen atoms in total. The molecule has 2 rings (SSSR count). The number of aryl methyl sites for hydroxylation is 2. The van der Waals surface area contributed by atoms with Crippen LogP contribution in [0, 0.1) is 6.92 Å². The van der Waals surface area contributed by atoms with Crippen LogP contribution in [-0.4, -0.2) is 21.6 Å². The molecule has 0 N–H and O–H groups in total. The molecule has 0 aliphatic carbocycles. The van der Waals surface area contributed by atoms with E-state index in [1.165, 1.54) is 0 Å². The van der Waals surface area contributed by atoms with Crippen LogP contribution in [0.5, 0.6) is 5.88 Å². The molecule has 0 saturated carbocycles. The third kappa shape index (κ3) is 1.28. The SMILES string of the molecule is COc1nc2c(cc1Br)nc(C)n2C. The van der Waals surface area contributed by atoms with E-state index < -0.39 is 0 Å². The van der Waals surface area contributed by atoms with Crippen molar-refractivity contribution in [2.24, 2.45) is 7.05 Å². The summed E-state index contributed by atoms with van der Waals surface area (Å²) >= 11 is 3.37. The van der Waals surface area contributed by atoms with Crippen LogP contribution in [0.3, 0.4) is 0 Å². The molecule has 0 bridgehead atoms. The molecule has 2 aromatic rings. The van der Waals surface area contributed by atoms with E-state index in [0.29, 0.717) is 5.88 Å². The average Bonchev–Trinajstić information content (AvgIpc) is 2.41. The first-order valence-corrected chi connectivity index (χ1v) is 4.96. The number of methoxy groups -OCH3 is 1. The predicted octanol–water partition coefficient (Wildman–Crippen LogP) is 2.05. The third-order valence-corrected chi connectivity index (χ3v) is 2.75. The highest BCUT2D eigenvalue weighted by atomic mass is 79.9. The number of fused-ring (bicyclic) bond motifs is 1. The van der Waals surface area contributed by atoms with E-state index in [9.17, 15) is 0 Å². The number of aromatic nitrogens is 3. The molecule has 0 spiro atoms. The highest BCUT2D eigenvalue weighted by molar-refractivity contribution is 9.10. The Labute approximate surface area is 90.0 Å². The minimum Gasteiger partial charge on any atom is -0.480 e. The minimum atomic E-state index is 0.584. The van der Waals surface area contributed by atoms with Crippen LogP contribution in [0.15, 0.2) is 10.5 Å². The van der Waals surface area contributed by atoms with Crippen molar-refractivity contribution in [2.75, 3.05) is 7.11 Å². The van der Waals surface area contributed by atoms with Crippen LogP contribution in [0.1, 0.15) is 5.82 Å². The van der Waals surface area contributed by atoms with Crippen molar-refractivity contribution in [1.82, 2.24) is 14.5 Å². The van der Waals surface area contributed by atoms with Gasteiger partial charge in [-0.15, -0.1) is 0 Å². The average molecular weight is 256 g/mol.